The number of aryl methyl sites for hydroxylation is 1. The van der Waals surface area contributed by atoms with Crippen molar-refractivity contribution in [2.24, 2.45) is 0 Å². The fourth-order valence-corrected chi connectivity index (χ4v) is 4.00. The molecule has 0 saturated heterocycles. The Hall–Kier alpha value is -2.87. The number of benzene rings is 3. The van der Waals surface area contributed by atoms with E-state index in [0.717, 1.165) is 28.8 Å². The molecular weight excluding hydrogens is 330 g/mol. The number of nitrogens with zero attached hydrogens (tertiary/aromatic N) is 1. The zero-order valence-corrected chi connectivity index (χ0v) is 16.4. The van der Waals surface area contributed by atoms with Gasteiger partial charge in [0.1, 0.15) is 0 Å². The third-order valence-corrected chi connectivity index (χ3v) is 5.77. The molecule has 3 aromatic carbocycles. The summed E-state index contributed by atoms with van der Waals surface area (Å²) < 4.78 is 0. The topological polar surface area (TPSA) is 20.3 Å². The van der Waals surface area contributed by atoms with Crippen LogP contribution in [-0.2, 0) is 6.42 Å². The first-order valence-electron chi connectivity index (χ1n) is 9.44. The number of hydrogen-bond donors (Lipinski definition) is 0. The molecule has 136 valence electrons. The summed E-state index contributed by atoms with van der Waals surface area (Å²) >= 11 is 0. The second kappa shape index (κ2) is 6.38. The number of allylic oxidation sites excluding steroid dienone is 1. The maximum Gasteiger partial charge on any atom is 0.187 e. The molecule has 0 amide bonds. The van der Waals surface area contributed by atoms with Crippen LogP contribution in [0.25, 0.3) is 16.5 Å². The number of fused-ring (bicyclic) bond motifs is 3. The minimum absolute atomic E-state index is 0.0531. The van der Waals surface area contributed by atoms with Crippen LogP contribution in [0.1, 0.15) is 40.9 Å². The molecule has 0 bridgehead atoms. The molecule has 0 aromatic heterocycles. The molecule has 0 N–H and O–H groups in total. The van der Waals surface area contributed by atoms with Gasteiger partial charge >= 0.3 is 0 Å². The molecule has 1 heterocycles. The fraction of sp³-hybridized carbons (Fsp3) is 0.240. The van der Waals surface area contributed by atoms with Crippen LogP contribution < -0.4 is 0 Å². The number of carbonyl (C=O) groups is 1. The van der Waals surface area contributed by atoms with Gasteiger partial charge in [-0.3, -0.25) is 4.79 Å². The third kappa shape index (κ3) is 3.06. The molecule has 0 radical (unpaired) electrons. The predicted molar refractivity (Wildman–Crippen MR) is 113 cm³/mol. The van der Waals surface area contributed by atoms with E-state index >= 15 is 0 Å². The van der Waals surface area contributed by atoms with Crippen LogP contribution >= 0.6 is 0 Å². The van der Waals surface area contributed by atoms with E-state index in [1.165, 1.54) is 16.3 Å². The maximum atomic E-state index is 13.0. The van der Waals surface area contributed by atoms with Gasteiger partial charge in [-0.1, -0.05) is 60.2 Å². The summed E-state index contributed by atoms with van der Waals surface area (Å²) in [7, 11) is 2.09. The smallest absolute Gasteiger partial charge is 0.187 e. The number of hydrogen-bond acceptors (Lipinski definition) is 2. The lowest BCUT2D eigenvalue weighted by Crippen LogP contribution is -2.45. The SMILES string of the molecule is Cc1cccc(C(=O)/C=C2/c3ccc4ccccc4c3CC(C)(C)N2C)c1. The molecule has 0 atom stereocenters. The number of rotatable bonds is 2. The lowest BCUT2D eigenvalue weighted by Gasteiger charge is -2.44. The van der Waals surface area contributed by atoms with Crippen LogP contribution in [0.2, 0.25) is 0 Å². The van der Waals surface area contributed by atoms with Gasteiger partial charge in [0.15, 0.2) is 5.78 Å². The summed E-state index contributed by atoms with van der Waals surface area (Å²) in [5.74, 6) is 0.0531. The van der Waals surface area contributed by atoms with Crippen LogP contribution in [0.3, 0.4) is 0 Å². The molecule has 0 saturated carbocycles. The van der Waals surface area contributed by atoms with Gasteiger partial charge in [0.2, 0.25) is 0 Å². The molecule has 0 fully saturated rings. The van der Waals surface area contributed by atoms with Crippen molar-refractivity contribution < 1.29 is 4.79 Å². The maximum absolute atomic E-state index is 13.0. The first-order chi connectivity index (χ1) is 12.9. The van der Waals surface area contributed by atoms with E-state index in [9.17, 15) is 4.79 Å². The number of likely N-dealkylation sites (N-methyl/N-ethyl adjacent to an activating group) is 1. The molecule has 27 heavy (non-hydrogen) atoms. The molecule has 1 aliphatic heterocycles. The fourth-order valence-electron chi connectivity index (χ4n) is 4.00. The Labute approximate surface area is 161 Å². The van der Waals surface area contributed by atoms with E-state index in [1.807, 2.05) is 37.3 Å². The predicted octanol–water partition coefficient (Wildman–Crippen LogP) is 5.64. The van der Waals surface area contributed by atoms with E-state index in [4.69, 9.17) is 0 Å². The van der Waals surface area contributed by atoms with E-state index in [2.05, 4.69) is 62.2 Å². The van der Waals surface area contributed by atoms with Crippen molar-refractivity contribution in [2.75, 3.05) is 7.05 Å². The van der Waals surface area contributed by atoms with Crippen LogP contribution in [0, 0.1) is 6.92 Å². The zero-order valence-electron chi connectivity index (χ0n) is 16.4. The van der Waals surface area contributed by atoms with Gasteiger partial charge < -0.3 is 4.90 Å². The Balaban J connectivity index is 1.90. The van der Waals surface area contributed by atoms with E-state index in [0.29, 0.717) is 0 Å². The Kier molecular flexibility index (Phi) is 4.15. The van der Waals surface area contributed by atoms with Crippen molar-refractivity contribution in [2.45, 2.75) is 32.7 Å². The molecule has 3 aromatic rings. The molecule has 2 nitrogen and oxygen atoms in total. The molecule has 0 aliphatic carbocycles. The van der Waals surface area contributed by atoms with Crippen molar-refractivity contribution in [3.8, 4) is 0 Å². The largest absolute Gasteiger partial charge is 0.369 e. The Morgan fingerprint density at radius 1 is 1.04 bits per heavy atom. The first kappa shape index (κ1) is 17.5. The average molecular weight is 355 g/mol. The number of carbonyl (C=O) groups excluding carboxylic acids is 1. The summed E-state index contributed by atoms with van der Waals surface area (Å²) in [4.78, 5) is 15.2. The van der Waals surface area contributed by atoms with Crippen LogP contribution in [0.5, 0.6) is 0 Å². The monoisotopic (exact) mass is 355 g/mol. The minimum atomic E-state index is -0.0597. The van der Waals surface area contributed by atoms with Crippen molar-refractivity contribution in [3.63, 3.8) is 0 Å². The Morgan fingerprint density at radius 2 is 1.81 bits per heavy atom. The van der Waals surface area contributed by atoms with Crippen LogP contribution in [0.15, 0.2) is 66.7 Å². The Bertz CT molecular complexity index is 1070. The van der Waals surface area contributed by atoms with E-state index in [-0.39, 0.29) is 11.3 Å². The summed E-state index contributed by atoms with van der Waals surface area (Å²) in [5.41, 5.74) is 5.27. The highest BCUT2D eigenvalue weighted by molar-refractivity contribution is 6.09. The molecule has 4 rings (SSSR count). The molecule has 2 heteroatoms. The highest BCUT2D eigenvalue weighted by Crippen LogP contribution is 2.40. The lowest BCUT2D eigenvalue weighted by molar-refractivity contribution is 0.104. The van der Waals surface area contributed by atoms with Gasteiger partial charge in [-0.25, -0.2) is 0 Å². The second-order valence-electron chi connectivity index (χ2n) is 8.12. The summed E-state index contributed by atoms with van der Waals surface area (Å²) in [6.07, 6.45) is 2.76. The van der Waals surface area contributed by atoms with Crippen LogP contribution in [-0.4, -0.2) is 23.3 Å². The van der Waals surface area contributed by atoms with Crippen LogP contribution in [0.4, 0.5) is 0 Å². The van der Waals surface area contributed by atoms with Gasteiger partial charge in [0.05, 0.1) is 0 Å². The second-order valence-corrected chi connectivity index (χ2v) is 8.12. The molecular formula is C25H25NO. The Morgan fingerprint density at radius 3 is 2.59 bits per heavy atom. The van der Waals surface area contributed by atoms with Gasteiger partial charge in [-0.05, 0) is 49.6 Å². The van der Waals surface area contributed by atoms with Gasteiger partial charge in [-0.2, -0.15) is 0 Å². The third-order valence-electron chi connectivity index (χ3n) is 5.77. The van der Waals surface area contributed by atoms with Crippen molar-refractivity contribution in [1.29, 1.82) is 0 Å². The summed E-state index contributed by atoms with van der Waals surface area (Å²) in [5, 5.41) is 2.53. The molecule has 0 spiro atoms. The van der Waals surface area contributed by atoms with Crippen molar-refractivity contribution >= 4 is 22.3 Å². The summed E-state index contributed by atoms with van der Waals surface area (Å²) in [6, 6.07) is 20.6. The van der Waals surface area contributed by atoms with E-state index in [1.54, 1.807) is 0 Å². The normalized spacial score (nSPS) is 17.2. The van der Waals surface area contributed by atoms with Gasteiger partial charge in [-0.15, -0.1) is 0 Å². The zero-order chi connectivity index (χ0) is 19.2. The highest BCUT2D eigenvalue weighted by atomic mass is 16.1. The van der Waals surface area contributed by atoms with Crippen molar-refractivity contribution in [1.82, 2.24) is 4.90 Å². The molecule has 0 unspecified atom stereocenters. The van der Waals surface area contributed by atoms with Crippen molar-refractivity contribution in [3.05, 3.63) is 89.0 Å². The average Bonchev–Trinajstić information content (AvgIpc) is 2.65. The molecule has 1 aliphatic rings. The standard InChI is InChI=1S/C25H25NO/c1-17-8-7-10-19(14-17)24(27)15-23-21-13-12-18-9-5-6-11-20(18)22(21)16-25(2,3)26(23)4/h5-15H,16H2,1-4H3/b23-15-. The van der Waals surface area contributed by atoms with Gasteiger partial charge in [0.25, 0.3) is 0 Å². The minimum Gasteiger partial charge on any atom is -0.369 e. The number of ketones is 1. The van der Waals surface area contributed by atoms with Gasteiger partial charge in [0, 0.05) is 35.5 Å². The quantitative estimate of drug-likeness (QED) is 0.438. The first-order valence-corrected chi connectivity index (χ1v) is 9.44. The lowest BCUT2D eigenvalue weighted by atomic mass is 9.81. The summed E-state index contributed by atoms with van der Waals surface area (Å²) in [6.45, 7) is 6.49. The van der Waals surface area contributed by atoms with E-state index < -0.39 is 0 Å². The highest BCUT2D eigenvalue weighted by Gasteiger charge is 2.34.